The lowest BCUT2D eigenvalue weighted by molar-refractivity contribution is -0.142. The predicted octanol–water partition coefficient (Wildman–Crippen LogP) is 3.66. The molecular formula is C24H26ClF3N4O2. The zero-order valence-electron chi connectivity index (χ0n) is 18.5. The van der Waals surface area contributed by atoms with E-state index in [1.807, 2.05) is 34.5 Å². The summed E-state index contributed by atoms with van der Waals surface area (Å²) in [5, 5.41) is 2.37. The molecule has 10 heteroatoms. The van der Waals surface area contributed by atoms with Gasteiger partial charge in [0.25, 0.3) is 0 Å². The molecule has 2 fully saturated rings. The zero-order chi connectivity index (χ0) is 24.3. The predicted molar refractivity (Wildman–Crippen MR) is 123 cm³/mol. The first-order chi connectivity index (χ1) is 16.2. The van der Waals surface area contributed by atoms with Crippen LogP contribution in [0.3, 0.4) is 0 Å². The molecule has 2 aromatic rings. The molecule has 0 atom stereocenters. The number of likely N-dealkylation sites (tertiary alicyclic amines) is 1. The van der Waals surface area contributed by atoms with E-state index in [4.69, 9.17) is 11.6 Å². The van der Waals surface area contributed by atoms with Crippen molar-refractivity contribution >= 4 is 29.1 Å². The van der Waals surface area contributed by atoms with Gasteiger partial charge in [0.2, 0.25) is 11.8 Å². The Hall–Kier alpha value is -2.78. The SMILES string of the molecule is O=C(CN1CN(c2cccc(Cl)c2)C2(CCN(Cc3ccccc3)CC2)C1=O)NCC(F)(F)F. The van der Waals surface area contributed by atoms with Crippen LogP contribution in [0.1, 0.15) is 18.4 Å². The quantitative estimate of drug-likeness (QED) is 0.666. The van der Waals surface area contributed by atoms with Gasteiger partial charge in [0, 0.05) is 30.3 Å². The van der Waals surface area contributed by atoms with Gasteiger partial charge in [-0.25, -0.2) is 0 Å². The van der Waals surface area contributed by atoms with Gasteiger partial charge in [0.05, 0.1) is 6.67 Å². The van der Waals surface area contributed by atoms with Gasteiger partial charge in [-0.3, -0.25) is 14.5 Å². The maximum absolute atomic E-state index is 13.6. The molecule has 1 N–H and O–H groups in total. The van der Waals surface area contributed by atoms with Crippen molar-refractivity contribution in [3.8, 4) is 0 Å². The van der Waals surface area contributed by atoms with Crippen LogP contribution in [0.25, 0.3) is 0 Å². The molecule has 34 heavy (non-hydrogen) atoms. The maximum Gasteiger partial charge on any atom is 0.405 e. The monoisotopic (exact) mass is 494 g/mol. The summed E-state index contributed by atoms with van der Waals surface area (Å²) >= 11 is 6.20. The van der Waals surface area contributed by atoms with Crippen LogP contribution in [0.4, 0.5) is 18.9 Å². The summed E-state index contributed by atoms with van der Waals surface area (Å²) in [6.07, 6.45) is -3.44. The van der Waals surface area contributed by atoms with E-state index in [-0.39, 0.29) is 12.6 Å². The summed E-state index contributed by atoms with van der Waals surface area (Å²) in [5.74, 6) is -1.08. The van der Waals surface area contributed by atoms with Crippen molar-refractivity contribution in [1.82, 2.24) is 15.1 Å². The van der Waals surface area contributed by atoms with Gasteiger partial charge >= 0.3 is 6.18 Å². The maximum atomic E-state index is 13.6. The van der Waals surface area contributed by atoms with Crippen molar-refractivity contribution in [3.63, 3.8) is 0 Å². The Bertz CT molecular complexity index is 1030. The van der Waals surface area contributed by atoms with Crippen molar-refractivity contribution in [2.75, 3.05) is 37.7 Å². The number of nitrogens with zero attached hydrogens (tertiary/aromatic N) is 3. The summed E-state index contributed by atoms with van der Waals surface area (Å²) in [6, 6.07) is 17.2. The summed E-state index contributed by atoms with van der Waals surface area (Å²) < 4.78 is 37.5. The van der Waals surface area contributed by atoms with Gasteiger partial charge in [-0.05, 0) is 36.6 Å². The van der Waals surface area contributed by atoms with Crippen molar-refractivity contribution < 1.29 is 22.8 Å². The molecule has 6 nitrogen and oxygen atoms in total. The number of alkyl halides is 3. The van der Waals surface area contributed by atoms with Crippen molar-refractivity contribution in [2.45, 2.75) is 31.1 Å². The molecule has 0 aromatic heterocycles. The number of amides is 2. The number of rotatable bonds is 6. The van der Waals surface area contributed by atoms with Crippen LogP contribution in [-0.2, 0) is 16.1 Å². The fraction of sp³-hybridized carbons (Fsp3) is 0.417. The fourth-order valence-electron chi connectivity index (χ4n) is 4.71. The smallest absolute Gasteiger partial charge is 0.345 e. The molecule has 1 spiro atoms. The van der Waals surface area contributed by atoms with Gasteiger partial charge in [0.15, 0.2) is 0 Å². The minimum Gasteiger partial charge on any atom is -0.345 e. The molecule has 2 saturated heterocycles. The normalized spacial score (nSPS) is 18.5. The molecule has 2 aliphatic rings. The molecule has 4 rings (SSSR count). The van der Waals surface area contributed by atoms with E-state index in [0.717, 1.165) is 12.2 Å². The lowest BCUT2D eigenvalue weighted by atomic mass is 9.85. The van der Waals surface area contributed by atoms with E-state index in [9.17, 15) is 22.8 Å². The first kappa shape index (κ1) is 24.3. The molecule has 2 heterocycles. The van der Waals surface area contributed by atoms with Gasteiger partial charge in [-0.15, -0.1) is 0 Å². The lowest BCUT2D eigenvalue weighted by Crippen LogP contribution is -2.56. The van der Waals surface area contributed by atoms with Crippen LogP contribution in [-0.4, -0.2) is 66.2 Å². The van der Waals surface area contributed by atoms with Crippen molar-refractivity contribution in [1.29, 1.82) is 0 Å². The van der Waals surface area contributed by atoms with Crippen LogP contribution in [0.15, 0.2) is 54.6 Å². The first-order valence-corrected chi connectivity index (χ1v) is 11.5. The Kier molecular flexibility index (Phi) is 7.04. The van der Waals surface area contributed by atoms with Crippen molar-refractivity contribution in [2.24, 2.45) is 0 Å². The van der Waals surface area contributed by atoms with Crippen LogP contribution in [0.5, 0.6) is 0 Å². The molecular weight excluding hydrogens is 469 g/mol. The van der Waals surface area contributed by atoms with Crippen LogP contribution in [0, 0.1) is 0 Å². The number of halogens is 4. The fourth-order valence-corrected chi connectivity index (χ4v) is 4.89. The average molecular weight is 495 g/mol. The molecule has 2 aromatic carbocycles. The number of hydrogen-bond donors (Lipinski definition) is 1. The van der Waals surface area contributed by atoms with E-state index in [0.29, 0.717) is 31.0 Å². The molecule has 182 valence electrons. The third-order valence-electron chi connectivity index (χ3n) is 6.39. The second kappa shape index (κ2) is 9.84. The highest BCUT2D eigenvalue weighted by Gasteiger charge is 2.54. The molecule has 0 radical (unpaired) electrons. The number of hydrogen-bond acceptors (Lipinski definition) is 4. The van der Waals surface area contributed by atoms with Gasteiger partial charge in [0.1, 0.15) is 18.6 Å². The number of carbonyl (C=O) groups excluding carboxylic acids is 2. The average Bonchev–Trinajstić information content (AvgIpc) is 3.06. The minimum absolute atomic E-state index is 0.108. The van der Waals surface area contributed by atoms with E-state index in [2.05, 4.69) is 17.0 Å². The first-order valence-electron chi connectivity index (χ1n) is 11.1. The third-order valence-corrected chi connectivity index (χ3v) is 6.62. The molecule has 0 unspecified atom stereocenters. The highest BCUT2D eigenvalue weighted by atomic mass is 35.5. The Morgan fingerprint density at radius 1 is 1.06 bits per heavy atom. The van der Waals surface area contributed by atoms with Crippen LogP contribution < -0.4 is 10.2 Å². The zero-order valence-corrected chi connectivity index (χ0v) is 19.3. The van der Waals surface area contributed by atoms with Crippen LogP contribution >= 0.6 is 11.6 Å². The van der Waals surface area contributed by atoms with Crippen molar-refractivity contribution in [3.05, 3.63) is 65.2 Å². The number of piperidine rings is 1. The molecule has 0 aliphatic carbocycles. The van der Waals surface area contributed by atoms with Crippen LogP contribution in [0.2, 0.25) is 5.02 Å². The second-order valence-electron chi connectivity index (χ2n) is 8.74. The Morgan fingerprint density at radius 3 is 2.41 bits per heavy atom. The summed E-state index contributed by atoms with van der Waals surface area (Å²) in [5.41, 5.74) is 1.06. The molecule has 0 bridgehead atoms. The summed E-state index contributed by atoms with van der Waals surface area (Å²) in [7, 11) is 0. The van der Waals surface area contributed by atoms with Gasteiger partial charge < -0.3 is 15.1 Å². The number of nitrogens with one attached hydrogen (secondary N) is 1. The number of anilines is 1. The Labute approximate surface area is 201 Å². The van der Waals surface area contributed by atoms with E-state index >= 15 is 0 Å². The number of benzene rings is 2. The second-order valence-corrected chi connectivity index (χ2v) is 9.17. The number of carbonyl (C=O) groups is 2. The minimum atomic E-state index is -4.51. The van der Waals surface area contributed by atoms with E-state index < -0.39 is 30.7 Å². The lowest BCUT2D eigenvalue weighted by Gasteiger charge is -2.43. The summed E-state index contributed by atoms with van der Waals surface area (Å²) in [6.45, 7) is 0.369. The third kappa shape index (κ3) is 5.47. The molecule has 2 amide bonds. The van der Waals surface area contributed by atoms with Gasteiger partial charge in [-0.2, -0.15) is 13.2 Å². The highest BCUT2D eigenvalue weighted by Crippen LogP contribution is 2.40. The molecule has 2 aliphatic heterocycles. The van der Waals surface area contributed by atoms with Gasteiger partial charge in [-0.1, -0.05) is 48.0 Å². The molecule has 0 saturated carbocycles. The topological polar surface area (TPSA) is 55.9 Å². The Morgan fingerprint density at radius 2 is 1.76 bits per heavy atom. The standard InChI is InChI=1S/C24H26ClF3N4O2/c25-19-7-4-8-20(13-19)32-17-31(15-21(33)29-16-24(26,27)28)22(34)23(32)9-11-30(12-10-23)14-18-5-2-1-3-6-18/h1-8,13H,9-12,14-17H2,(H,29,33). The summed E-state index contributed by atoms with van der Waals surface area (Å²) in [4.78, 5) is 31.3. The largest absolute Gasteiger partial charge is 0.405 e. The van der Waals surface area contributed by atoms with E-state index in [1.54, 1.807) is 18.2 Å². The van der Waals surface area contributed by atoms with E-state index in [1.165, 1.54) is 10.5 Å². The highest BCUT2D eigenvalue weighted by molar-refractivity contribution is 6.30. The Balaban J connectivity index is 1.51.